The summed E-state index contributed by atoms with van der Waals surface area (Å²) in [4.78, 5) is 15.6. The third-order valence-electron chi connectivity index (χ3n) is 5.34. The van der Waals surface area contributed by atoms with Crippen LogP contribution in [0.25, 0.3) is 0 Å². The number of hydrogen-bond acceptors (Lipinski definition) is 3. The normalized spacial score (nSPS) is 22.8. The molecular weight excluding hydrogens is 278 g/mol. The average molecular weight is 311 g/mol. The van der Waals surface area contributed by atoms with Crippen molar-refractivity contribution < 1.29 is 9.90 Å². The van der Waals surface area contributed by atoms with Crippen LogP contribution in [0, 0.1) is 11.3 Å². The fourth-order valence-corrected chi connectivity index (χ4v) is 4.03. The minimum Gasteiger partial charge on any atom is -0.465 e. The zero-order chi connectivity index (χ0) is 16.5. The van der Waals surface area contributed by atoms with Crippen LogP contribution in [0.1, 0.15) is 47.5 Å². The Bertz CT molecular complexity index is 389. The molecule has 128 valence electrons. The van der Waals surface area contributed by atoms with E-state index in [-0.39, 0.29) is 5.54 Å². The molecule has 0 bridgehead atoms. The van der Waals surface area contributed by atoms with Crippen molar-refractivity contribution in [3.8, 4) is 0 Å². The fraction of sp³-hybridized carbons (Fsp3) is 0.941. The second-order valence-electron chi connectivity index (χ2n) is 8.54. The zero-order valence-corrected chi connectivity index (χ0v) is 14.9. The topological polar surface area (TPSA) is 55.8 Å². The summed E-state index contributed by atoms with van der Waals surface area (Å²) in [6.45, 7) is 15.7. The molecule has 1 atom stereocenters. The van der Waals surface area contributed by atoms with Crippen LogP contribution in [0.4, 0.5) is 4.79 Å². The van der Waals surface area contributed by atoms with E-state index < -0.39 is 6.09 Å². The highest BCUT2D eigenvalue weighted by Crippen LogP contribution is 2.39. The van der Waals surface area contributed by atoms with Gasteiger partial charge in [0.25, 0.3) is 0 Å². The second-order valence-corrected chi connectivity index (χ2v) is 8.54. The van der Waals surface area contributed by atoms with Crippen molar-refractivity contribution in [2.24, 2.45) is 11.3 Å². The number of nitrogens with zero attached hydrogens (tertiary/aromatic N) is 2. The predicted molar refractivity (Wildman–Crippen MR) is 89.2 cm³/mol. The standard InChI is InChI=1S/C17H33N3O2/c1-13(2)14(6-9-20(15(21)22)16(3,4)5)19-11-17(12-19)7-8-18-10-17/h13-14,18H,6-12H2,1-5H3,(H,21,22). The van der Waals surface area contributed by atoms with Gasteiger partial charge in [0.1, 0.15) is 0 Å². The smallest absolute Gasteiger partial charge is 0.407 e. The second kappa shape index (κ2) is 6.36. The number of likely N-dealkylation sites (tertiary alicyclic amines) is 1. The Balaban J connectivity index is 1.91. The molecule has 2 aliphatic rings. The third kappa shape index (κ3) is 3.74. The van der Waals surface area contributed by atoms with Crippen LogP contribution in [-0.4, -0.2) is 65.3 Å². The maximum Gasteiger partial charge on any atom is 0.407 e. The van der Waals surface area contributed by atoms with Crippen LogP contribution in [0.2, 0.25) is 0 Å². The van der Waals surface area contributed by atoms with E-state index >= 15 is 0 Å². The summed E-state index contributed by atoms with van der Waals surface area (Å²) >= 11 is 0. The van der Waals surface area contributed by atoms with Gasteiger partial charge in [0.2, 0.25) is 0 Å². The lowest BCUT2D eigenvalue weighted by Gasteiger charge is -2.53. The molecule has 2 rings (SSSR count). The number of amides is 1. The van der Waals surface area contributed by atoms with Crippen molar-refractivity contribution in [3.05, 3.63) is 0 Å². The Hall–Kier alpha value is -0.810. The van der Waals surface area contributed by atoms with E-state index in [0.717, 1.165) is 19.5 Å². The van der Waals surface area contributed by atoms with Crippen molar-refractivity contribution in [2.75, 3.05) is 32.7 Å². The lowest BCUT2D eigenvalue weighted by Crippen LogP contribution is -2.62. The molecule has 2 heterocycles. The highest BCUT2D eigenvalue weighted by atomic mass is 16.4. The summed E-state index contributed by atoms with van der Waals surface area (Å²) in [6, 6.07) is 0.482. The number of carbonyl (C=O) groups is 1. The van der Waals surface area contributed by atoms with E-state index in [0.29, 0.717) is 23.9 Å². The maximum absolute atomic E-state index is 11.5. The van der Waals surface area contributed by atoms with Gasteiger partial charge in [0.05, 0.1) is 0 Å². The van der Waals surface area contributed by atoms with Gasteiger partial charge in [-0.25, -0.2) is 4.79 Å². The van der Waals surface area contributed by atoms with Crippen molar-refractivity contribution in [1.29, 1.82) is 0 Å². The Morgan fingerprint density at radius 1 is 1.36 bits per heavy atom. The molecule has 2 N–H and O–H groups in total. The predicted octanol–water partition coefficient (Wildman–Crippen LogP) is 2.47. The molecule has 0 radical (unpaired) electrons. The van der Waals surface area contributed by atoms with Crippen LogP contribution in [-0.2, 0) is 0 Å². The molecule has 1 spiro atoms. The highest BCUT2D eigenvalue weighted by Gasteiger charge is 2.47. The van der Waals surface area contributed by atoms with Gasteiger partial charge < -0.3 is 15.3 Å². The molecule has 22 heavy (non-hydrogen) atoms. The summed E-state index contributed by atoms with van der Waals surface area (Å²) in [7, 11) is 0. The first-order valence-corrected chi connectivity index (χ1v) is 8.60. The van der Waals surface area contributed by atoms with E-state index in [2.05, 4.69) is 24.1 Å². The Kier molecular flexibility index (Phi) is 5.07. The molecule has 1 amide bonds. The van der Waals surface area contributed by atoms with Crippen LogP contribution >= 0.6 is 0 Å². The van der Waals surface area contributed by atoms with Crippen LogP contribution < -0.4 is 5.32 Å². The van der Waals surface area contributed by atoms with Gasteiger partial charge >= 0.3 is 6.09 Å². The van der Waals surface area contributed by atoms with E-state index in [1.807, 2.05) is 20.8 Å². The Labute approximate surface area is 135 Å². The zero-order valence-electron chi connectivity index (χ0n) is 14.9. The first kappa shape index (κ1) is 17.5. The molecule has 2 saturated heterocycles. The molecular formula is C17H33N3O2. The Morgan fingerprint density at radius 2 is 2.00 bits per heavy atom. The van der Waals surface area contributed by atoms with E-state index in [1.54, 1.807) is 4.90 Å². The Morgan fingerprint density at radius 3 is 2.41 bits per heavy atom. The first-order chi connectivity index (χ1) is 10.1. The monoisotopic (exact) mass is 311 g/mol. The summed E-state index contributed by atoms with van der Waals surface area (Å²) in [5.74, 6) is 0.558. The molecule has 2 fully saturated rings. The number of rotatable bonds is 5. The van der Waals surface area contributed by atoms with Gasteiger partial charge in [-0.1, -0.05) is 13.8 Å². The van der Waals surface area contributed by atoms with E-state index in [1.165, 1.54) is 19.5 Å². The third-order valence-corrected chi connectivity index (χ3v) is 5.34. The highest BCUT2D eigenvalue weighted by molar-refractivity contribution is 5.65. The molecule has 0 aliphatic carbocycles. The van der Waals surface area contributed by atoms with Gasteiger partial charge in [-0.05, 0) is 46.1 Å². The van der Waals surface area contributed by atoms with Crippen molar-refractivity contribution in [2.45, 2.75) is 59.0 Å². The fourth-order valence-electron chi connectivity index (χ4n) is 4.03. The summed E-state index contributed by atoms with van der Waals surface area (Å²) in [5.41, 5.74) is 0.169. The maximum atomic E-state index is 11.5. The van der Waals surface area contributed by atoms with Gasteiger partial charge in [-0.15, -0.1) is 0 Å². The summed E-state index contributed by atoms with van der Waals surface area (Å²) in [5, 5.41) is 12.9. The average Bonchev–Trinajstić information content (AvgIpc) is 2.79. The van der Waals surface area contributed by atoms with Crippen LogP contribution in [0.3, 0.4) is 0 Å². The van der Waals surface area contributed by atoms with E-state index in [4.69, 9.17) is 0 Å². The summed E-state index contributed by atoms with van der Waals surface area (Å²) < 4.78 is 0. The lowest BCUT2D eigenvalue weighted by atomic mass is 9.76. The minimum absolute atomic E-state index is 0.334. The number of hydrogen-bond donors (Lipinski definition) is 2. The molecule has 1 unspecified atom stereocenters. The minimum atomic E-state index is -0.810. The van der Waals surface area contributed by atoms with Gasteiger partial charge in [0.15, 0.2) is 0 Å². The van der Waals surface area contributed by atoms with Gasteiger partial charge in [-0.3, -0.25) is 4.90 Å². The first-order valence-electron chi connectivity index (χ1n) is 8.60. The van der Waals surface area contributed by atoms with Crippen LogP contribution in [0.5, 0.6) is 0 Å². The number of carboxylic acid groups (broad SMARTS) is 1. The molecule has 5 heteroatoms. The van der Waals surface area contributed by atoms with Crippen molar-refractivity contribution in [3.63, 3.8) is 0 Å². The molecule has 2 aliphatic heterocycles. The van der Waals surface area contributed by atoms with Crippen molar-refractivity contribution >= 4 is 6.09 Å². The van der Waals surface area contributed by atoms with Gasteiger partial charge in [-0.2, -0.15) is 0 Å². The SMILES string of the molecule is CC(C)C(CCN(C(=O)O)C(C)(C)C)N1CC2(CCNC2)C1. The van der Waals surface area contributed by atoms with Crippen LogP contribution in [0.15, 0.2) is 0 Å². The number of nitrogens with one attached hydrogen (secondary N) is 1. The molecule has 0 saturated carbocycles. The molecule has 0 aromatic rings. The lowest BCUT2D eigenvalue weighted by molar-refractivity contribution is -0.0383. The molecule has 5 nitrogen and oxygen atoms in total. The quantitative estimate of drug-likeness (QED) is 0.819. The van der Waals surface area contributed by atoms with Crippen molar-refractivity contribution in [1.82, 2.24) is 15.1 Å². The van der Waals surface area contributed by atoms with E-state index in [9.17, 15) is 9.90 Å². The van der Waals surface area contributed by atoms with Gasteiger partial charge in [0, 0.05) is 43.2 Å². The molecule has 0 aromatic carbocycles. The summed E-state index contributed by atoms with van der Waals surface area (Å²) in [6.07, 6.45) is 1.40. The molecule has 0 aromatic heterocycles. The largest absolute Gasteiger partial charge is 0.465 e.